The van der Waals surface area contributed by atoms with Gasteiger partial charge in [0, 0.05) is 17.4 Å². The molecule has 0 fully saturated rings. The van der Waals surface area contributed by atoms with E-state index in [0.717, 1.165) is 12.4 Å². The molecule has 0 aliphatic carbocycles. The molecule has 0 aromatic rings. The van der Waals surface area contributed by atoms with Crippen molar-refractivity contribution in [2.45, 2.75) is 19.1 Å². The van der Waals surface area contributed by atoms with Crippen LogP contribution in [0.2, 0.25) is 0 Å². The number of thioether (sulfide) groups is 1. The van der Waals surface area contributed by atoms with Crippen molar-refractivity contribution in [1.82, 2.24) is 0 Å². The highest BCUT2D eigenvalue weighted by Gasteiger charge is 2.17. The van der Waals surface area contributed by atoms with Gasteiger partial charge in [0.15, 0.2) is 0 Å². The van der Waals surface area contributed by atoms with Crippen LogP contribution in [0.4, 0.5) is 0 Å². The zero-order valence-electron chi connectivity index (χ0n) is 7.24. The highest BCUT2D eigenvalue weighted by atomic mass is 32.2. The van der Waals surface area contributed by atoms with Crippen LogP contribution in [0.5, 0.6) is 0 Å². The summed E-state index contributed by atoms with van der Waals surface area (Å²) in [5.74, 6) is 1.51. The fourth-order valence-corrected chi connectivity index (χ4v) is 1.52. The molecular formula is C8H14N2S. The predicted molar refractivity (Wildman–Crippen MR) is 52.9 cm³/mol. The molecular weight excluding hydrogens is 156 g/mol. The Morgan fingerprint density at radius 2 is 2.27 bits per heavy atom. The van der Waals surface area contributed by atoms with Gasteiger partial charge >= 0.3 is 0 Å². The van der Waals surface area contributed by atoms with E-state index in [4.69, 9.17) is 0 Å². The summed E-state index contributed by atoms with van der Waals surface area (Å²) in [5.41, 5.74) is 0. The van der Waals surface area contributed by atoms with Crippen molar-refractivity contribution in [3.05, 3.63) is 0 Å². The third-order valence-electron chi connectivity index (χ3n) is 2.04. The Morgan fingerprint density at radius 1 is 1.55 bits per heavy atom. The maximum atomic E-state index is 4.29. The maximum absolute atomic E-state index is 4.29. The van der Waals surface area contributed by atoms with E-state index in [9.17, 15) is 0 Å². The van der Waals surface area contributed by atoms with Crippen LogP contribution in [0, 0.1) is 5.92 Å². The molecule has 0 N–H and O–H groups in total. The summed E-state index contributed by atoms with van der Waals surface area (Å²) >= 11 is 1.86. The van der Waals surface area contributed by atoms with Crippen LogP contribution in [0.25, 0.3) is 0 Å². The summed E-state index contributed by atoms with van der Waals surface area (Å²) < 4.78 is 0. The normalized spacial score (nSPS) is 21.5. The number of hydrogen-bond acceptors (Lipinski definition) is 3. The molecule has 1 aliphatic heterocycles. The van der Waals surface area contributed by atoms with Crippen molar-refractivity contribution in [3.8, 4) is 0 Å². The van der Waals surface area contributed by atoms with E-state index < -0.39 is 0 Å². The highest BCUT2D eigenvalue weighted by molar-refractivity contribution is 7.99. The Labute approximate surface area is 72.2 Å². The first-order chi connectivity index (χ1) is 5.25. The van der Waals surface area contributed by atoms with Crippen LogP contribution < -0.4 is 0 Å². The van der Waals surface area contributed by atoms with Gasteiger partial charge in [-0.15, -0.1) is 0 Å². The summed E-state index contributed by atoms with van der Waals surface area (Å²) in [6.45, 7) is 5.18. The second kappa shape index (κ2) is 3.90. The number of hydrogen-bond donors (Lipinski definition) is 0. The second-order valence-corrected chi connectivity index (χ2v) is 3.96. The lowest BCUT2D eigenvalue weighted by Gasteiger charge is -2.15. The van der Waals surface area contributed by atoms with E-state index in [1.165, 1.54) is 0 Å². The van der Waals surface area contributed by atoms with Crippen LogP contribution >= 0.6 is 11.8 Å². The van der Waals surface area contributed by atoms with Gasteiger partial charge in [-0.05, 0) is 6.26 Å². The lowest BCUT2D eigenvalue weighted by molar-refractivity contribution is 0.753. The van der Waals surface area contributed by atoms with Crippen LogP contribution in [-0.4, -0.2) is 30.1 Å². The molecule has 0 radical (unpaired) electrons. The van der Waals surface area contributed by atoms with Gasteiger partial charge in [-0.1, -0.05) is 13.8 Å². The molecule has 1 aliphatic rings. The number of nitrogens with zero attached hydrogens (tertiary/aromatic N) is 2. The third kappa shape index (κ3) is 2.06. The van der Waals surface area contributed by atoms with Crippen molar-refractivity contribution >= 4 is 23.8 Å². The monoisotopic (exact) mass is 170 g/mol. The van der Waals surface area contributed by atoms with Gasteiger partial charge in [0.05, 0.1) is 6.54 Å². The van der Waals surface area contributed by atoms with Crippen LogP contribution in [0.15, 0.2) is 9.98 Å². The molecule has 0 aromatic heterocycles. The van der Waals surface area contributed by atoms with Crippen molar-refractivity contribution in [2.75, 3.05) is 12.8 Å². The molecule has 11 heavy (non-hydrogen) atoms. The minimum Gasteiger partial charge on any atom is -0.264 e. The lowest BCUT2D eigenvalue weighted by Crippen LogP contribution is -2.17. The van der Waals surface area contributed by atoms with Crippen molar-refractivity contribution < 1.29 is 0 Å². The van der Waals surface area contributed by atoms with Gasteiger partial charge < -0.3 is 0 Å². The number of amidine groups is 1. The Hall–Kier alpha value is -0.310. The smallest absolute Gasteiger partial charge is 0.127 e. The molecule has 1 rings (SSSR count). The molecule has 2 atom stereocenters. The average molecular weight is 170 g/mol. The van der Waals surface area contributed by atoms with E-state index in [-0.39, 0.29) is 0 Å². The number of aliphatic imine (C=N–C) groups is 2. The molecule has 0 bridgehead atoms. The third-order valence-corrected chi connectivity index (χ3v) is 3.19. The summed E-state index contributed by atoms with van der Waals surface area (Å²) in [7, 11) is 0. The molecule has 1 heterocycles. The topological polar surface area (TPSA) is 24.7 Å². The highest BCUT2D eigenvalue weighted by Crippen LogP contribution is 2.19. The van der Waals surface area contributed by atoms with Crippen molar-refractivity contribution in [2.24, 2.45) is 15.9 Å². The molecule has 62 valence electrons. The zero-order chi connectivity index (χ0) is 8.27. The Morgan fingerprint density at radius 3 is 2.73 bits per heavy atom. The molecule has 3 heteroatoms. The first-order valence-electron chi connectivity index (χ1n) is 3.85. The molecule has 2 unspecified atom stereocenters. The first-order valence-corrected chi connectivity index (χ1v) is 5.14. The fourth-order valence-electron chi connectivity index (χ4n) is 0.985. The molecule has 2 nitrogen and oxygen atoms in total. The average Bonchev–Trinajstić information content (AvgIpc) is 2.53. The largest absolute Gasteiger partial charge is 0.264 e. The molecule has 0 amide bonds. The Balaban J connectivity index is 2.53. The standard InChI is InChI=1S/C8H14N2S/c1-6(7(2)11-3)8-9-4-5-10-8/h4,6-7H,5H2,1-3H3. The summed E-state index contributed by atoms with van der Waals surface area (Å²) in [4.78, 5) is 8.50. The minimum atomic E-state index is 0.490. The quantitative estimate of drug-likeness (QED) is 0.634. The van der Waals surface area contributed by atoms with Gasteiger partial charge in [0.2, 0.25) is 0 Å². The molecule has 0 aromatic carbocycles. The van der Waals surface area contributed by atoms with Gasteiger partial charge in [0.1, 0.15) is 5.84 Å². The van der Waals surface area contributed by atoms with Gasteiger partial charge in [-0.25, -0.2) is 4.99 Å². The van der Waals surface area contributed by atoms with E-state index in [1.807, 2.05) is 18.0 Å². The van der Waals surface area contributed by atoms with Crippen LogP contribution in [0.3, 0.4) is 0 Å². The van der Waals surface area contributed by atoms with Gasteiger partial charge in [-0.2, -0.15) is 11.8 Å². The SMILES string of the molecule is CSC(C)C(C)C1=NCC=N1. The van der Waals surface area contributed by atoms with Gasteiger partial charge in [-0.3, -0.25) is 4.99 Å². The van der Waals surface area contributed by atoms with Crippen molar-refractivity contribution in [1.29, 1.82) is 0 Å². The van der Waals surface area contributed by atoms with E-state index in [0.29, 0.717) is 11.2 Å². The summed E-state index contributed by atoms with van der Waals surface area (Å²) in [5, 5.41) is 0.615. The van der Waals surface area contributed by atoms with E-state index in [1.54, 1.807) is 0 Å². The number of rotatable bonds is 3. The first kappa shape index (κ1) is 8.78. The Bertz CT molecular complexity index is 187. The lowest BCUT2D eigenvalue weighted by atomic mass is 10.1. The minimum absolute atomic E-state index is 0.490. The Kier molecular flexibility index (Phi) is 3.12. The van der Waals surface area contributed by atoms with Crippen LogP contribution in [-0.2, 0) is 0 Å². The molecule has 0 saturated carbocycles. The molecule has 0 spiro atoms. The van der Waals surface area contributed by atoms with E-state index >= 15 is 0 Å². The van der Waals surface area contributed by atoms with Crippen LogP contribution in [0.1, 0.15) is 13.8 Å². The van der Waals surface area contributed by atoms with Gasteiger partial charge in [0.25, 0.3) is 0 Å². The van der Waals surface area contributed by atoms with Crippen molar-refractivity contribution in [3.63, 3.8) is 0 Å². The zero-order valence-corrected chi connectivity index (χ0v) is 8.06. The summed E-state index contributed by atoms with van der Waals surface area (Å²) in [6, 6.07) is 0. The summed E-state index contributed by atoms with van der Waals surface area (Å²) in [6.07, 6.45) is 4.00. The second-order valence-electron chi connectivity index (χ2n) is 2.74. The fraction of sp³-hybridized carbons (Fsp3) is 0.750. The van der Waals surface area contributed by atoms with E-state index in [2.05, 4.69) is 30.1 Å². The molecule has 0 saturated heterocycles. The predicted octanol–water partition coefficient (Wildman–Crippen LogP) is 1.86. The maximum Gasteiger partial charge on any atom is 0.127 e.